The summed E-state index contributed by atoms with van der Waals surface area (Å²) in [6, 6.07) is 0. The molecule has 0 amide bonds. The summed E-state index contributed by atoms with van der Waals surface area (Å²) in [4.78, 5) is 51.8. The van der Waals surface area contributed by atoms with Gasteiger partial charge in [-0.15, -0.1) is 0 Å². The van der Waals surface area contributed by atoms with Gasteiger partial charge in [0.1, 0.15) is 39.8 Å². The van der Waals surface area contributed by atoms with Gasteiger partial charge in [0, 0.05) is 6.67 Å². The number of nitrogens with zero attached hydrogens (tertiary/aromatic N) is 5. The highest BCUT2D eigenvalue weighted by Gasteiger charge is 2.27. The Bertz CT molecular complexity index is 597. The monoisotopic (exact) mass is 507 g/mol. The molecule has 0 aromatic heterocycles. The van der Waals surface area contributed by atoms with Gasteiger partial charge in [0.15, 0.2) is 0 Å². The molecule has 3 rings (SSSR count). The smallest absolute Gasteiger partial charge is 0.325 e. The summed E-state index contributed by atoms with van der Waals surface area (Å²) in [5, 5.41) is 13.2. The van der Waals surface area contributed by atoms with Crippen molar-refractivity contribution in [3.63, 3.8) is 0 Å². The molecule has 0 radical (unpaired) electrons. The van der Waals surface area contributed by atoms with Crippen molar-refractivity contribution in [2.24, 2.45) is 4.99 Å². The fourth-order valence-electron chi connectivity index (χ4n) is 2.34. The molecule has 0 atom stereocenters. The molecule has 3 saturated heterocycles. The summed E-state index contributed by atoms with van der Waals surface area (Å²) in [6.07, 6.45) is 0. The number of aliphatic imine (C=N–C) groups is 1. The van der Waals surface area contributed by atoms with Crippen molar-refractivity contribution in [1.29, 1.82) is 0 Å². The van der Waals surface area contributed by atoms with Crippen molar-refractivity contribution in [1.82, 2.24) is 30.2 Å². The first-order chi connectivity index (χ1) is 16.4. The molecule has 3 N–H and O–H groups in total. The summed E-state index contributed by atoms with van der Waals surface area (Å²) in [5.41, 5.74) is 0. The summed E-state index contributed by atoms with van der Waals surface area (Å²) in [6.45, 7) is 6.32. The zero-order valence-corrected chi connectivity index (χ0v) is 21.6. The summed E-state index contributed by atoms with van der Waals surface area (Å²) < 4.78 is 13.9. The third kappa shape index (κ3) is 24.2. The van der Waals surface area contributed by atoms with E-state index in [9.17, 15) is 19.2 Å². The highest BCUT2D eigenvalue weighted by atomic mass is 16.6. The van der Waals surface area contributed by atoms with Crippen molar-refractivity contribution in [2.45, 2.75) is 0 Å². The molecule has 204 valence electrons. The highest BCUT2D eigenvalue weighted by molar-refractivity contribution is 5.74. The van der Waals surface area contributed by atoms with E-state index in [2.05, 4.69) is 65.1 Å². The van der Waals surface area contributed by atoms with Gasteiger partial charge in [-0.25, -0.2) is 9.80 Å². The van der Waals surface area contributed by atoms with Crippen molar-refractivity contribution in [2.75, 3.05) is 102 Å². The van der Waals surface area contributed by atoms with E-state index in [1.807, 2.05) is 23.9 Å². The molecule has 35 heavy (non-hydrogen) atoms. The molecule has 0 aromatic rings. The predicted octanol–water partition coefficient (Wildman–Crippen LogP) is -2.66. The third-order valence-corrected chi connectivity index (χ3v) is 3.34. The van der Waals surface area contributed by atoms with E-state index in [4.69, 9.17) is 14.6 Å². The van der Waals surface area contributed by atoms with Crippen LogP contribution in [0.2, 0.25) is 0 Å². The van der Waals surface area contributed by atoms with Crippen molar-refractivity contribution >= 4 is 30.6 Å². The molecule has 0 unspecified atom stereocenters. The van der Waals surface area contributed by atoms with Crippen molar-refractivity contribution in [3.8, 4) is 0 Å². The molecule has 0 spiro atoms. The first kappa shape index (κ1) is 34.5. The molecule has 0 aliphatic carbocycles. The normalized spacial score (nSPS) is 16.9. The number of aliphatic carboxylic acids is 1. The second-order valence-electron chi connectivity index (χ2n) is 7.75. The highest BCUT2D eigenvalue weighted by Crippen LogP contribution is 2.06. The average molecular weight is 508 g/mol. The van der Waals surface area contributed by atoms with E-state index >= 15 is 0 Å². The molecule has 3 heterocycles. The molecule has 0 aromatic carbocycles. The second-order valence-corrected chi connectivity index (χ2v) is 7.75. The Morgan fingerprint density at radius 1 is 1.00 bits per heavy atom. The number of carboxylic acid groups (broad SMARTS) is 1. The minimum absolute atomic E-state index is 0.157. The molecule has 3 fully saturated rings. The largest absolute Gasteiger partial charge is 0.480 e. The van der Waals surface area contributed by atoms with Gasteiger partial charge >= 0.3 is 23.9 Å². The summed E-state index contributed by atoms with van der Waals surface area (Å²) >= 11 is 0. The average Bonchev–Trinajstić information content (AvgIpc) is 3.47. The Morgan fingerprint density at radius 2 is 1.46 bits per heavy atom. The van der Waals surface area contributed by atoms with Gasteiger partial charge in [0.2, 0.25) is 0 Å². The number of cyclic esters (lactones) is 3. The van der Waals surface area contributed by atoms with Crippen LogP contribution in [0.1, 0.15) is 0 Å². The zero-order chi connectivity index (χ0) is 27.2. The van der Waals surface area contributed by atoms with Crippen LogP contribution in [0.25, 0.3) is 0 Å². The summed E-state index contributed by atoms with van der Waals surface area (Å²) in [5.74, 6) is -1.53. The minimum Gasteiger partial charge on any atom is -0.480 e. The number of esters is 3. The lowest BCUT2D eigenvalue weighted by Crippen LogP contribution is -2.35. The van der Waals surface area contributed by atoms with Crippen LogP contribution in [0.4, 0.5) is 0 Å². The Balaban J connectivity index is 0. The van der Waals surface area contributed by atoms with Crippen LogP contribution < -0.4 is 10.6 Å². The number of carbonyl (C=O) groups is 4. The predicted molar refractivity (Wildman–Crippen MR) is 128 cm³/mol. The third-order valence-electron chi connectivity index (χ3n) is 3.34. The van der Waals surface area contributed by atoms with Crippen LogP contribution >= 0.6 is 0 Å². The number of carbonyl (C=O) groups excluding carboxylic acids is 3. The molecular formula is C20H41N7O8. The van der Waals surface area contributed by atoms with Gasteiger partial charge in [-0.3, -0.25) is 39.3 Å². The van der Waals surface area contributed by atoms with Crippen LogP contribution in [0, 0.1) is 0 Å². The Kier molecular flexibility index (Phi) is 21.5. The maximum Gasteiger partial charge on any atom is 0.325 e. The molecule has 15 heteroatoms. The van der Waals surface area contributed by atoms with Crippen LogP contribution in [0.3, 0.4) is 0 Å². The topological polar surface area (TPSA) is 166 Å². The van der Waals surface area contributed by atoms with Crippen LogP contribution in [-0.4, -0.2) is 157 Å². The van der Waals surface area contributed by atoms with E-state index in [1.165, 1.54) is 0 Å². The van der Waals surface area contributed by atoms with Gasteiger partial charge in [0.25, 0.3) is 0 Å². The van der Waals surface area contributed by atoms with Crippen molar-refractivity contribution < 1.29 is 38.5 Å². The SMILES string of the molecule is C=NCC(=O)O.CN(C)CN(C)C.CNC.O=C1CN(CN2COC(=O)C2)CO1.O=C1CNCO1. The summed E-state index contributed by atoms with van der Waals surface area (Å²) in [7, 11) is 12.0. The number of rotatable bonds is 6. The van der Waals surface area contributed by atoms with E-state index in [1.54, 1.807) is 0 Å². The first-order valence-electron chi connectivity index (χ1n) is 10.6. The maximum atomic E-state index is 10.7. The van der Waals surface area contributed by atoms with Gasteiger partial charge in [-0.2, -0.15) is 0 Å². The van der Waals surface area contributed by atoms with Gasteiger partial charge in [-0.05, 0) is 49.0 Å². The minimum atomic E-state index is -0.940. The fraction of sp³-hybridized carbons (Fsp3) is 0.750. The molecule has 15 nitrogen and oxygen atoms in total. The lowest BCUT2D eigenvalue weighted by Gasteiger charge is -2.17. The lowest BCUT2D eigenvalue weighted by atomic mass is 10.6. The molecular weight excluding hydrogens is 466 g/mol. The number of carboxylic acids is 1. The second kappa shape index (κ2) is 21.8. The van der Waals surface area contributed by atoms with Crippen LogP contribution in [0.5, 0.6) is 0 Å². The molecule has 3 aliphatic rings. The quantitative estimate of drug-likeness (QED) is 0.148. The number of hydrogen-bond acceptors (Lipinski definition) is 14. The standard InChI is InChI=1S/C7H10N2O4.C5H14N2.2C3H5NO2.C2H7N/c10-6-1-8(4-12-6)3-9-2-7(11)13-5-9;1-6(2)5-7(3)4;5-3-1-4-2-6-3;1-4-2-3(5)6;1-3-2/h1-5H2;5H2,1-4H3;4H,1-2H2;1-2H2,(H,5,6);3H,1-2H3. The molecule has 0 bridgehead atoms. The number of ether oxygens (including phenoxy) is 3. The fourth-order valence-corrected chi connectivity index (χ4v) is 2.34. The lowest BCUT2D eigenvalue weighted by molar-refractivity contribution is -0.137. The maximum absolute atomic E-state index is 10.7. The van der Waals surface area contributed by atoms with Crippen LogP contribution in [0.15, 0.2) is 4.99 Å². The number of nitrogens with one attached hydrogen (secondary N) is 2. The van der Waals surface area contributed by atoms with E-state index in [0.717, 1.165) is 6.67 Å². The Morgan fingerprint density at radius 3 is 1.60 bits per heavy atom. The van der Waals surface area contributed by atoms with Gasteiger partial charge in [-0.1, -0.05) is 0 Å². The van der Waals surface area contributed by atoms with E-state index < -0.39 is 5.97 Å². The van der Waals surface area contributed by atoms with Crippen molar-refractivity contribution in [3.05, 3.63) is 0 Å². The zero-order valence-electron chi connectivity index (χ0n) is 21.6. The van der Waals surface area contributed by atoms with Crippen LogP contribution in [-0.2, 0) is 33.4 Å². The molecule has 3 aliphatic heterocycles. The van der Waals surface area contributed by atoms with Gasteiger partial charge in [0.05, 0.1) is 13.2 Å². The Labute approximate surface area is 206 Å². The first-order valence-corrected chi connectivity index (χ1v) is 10.6. The van der Waals surface area contributed by atoms with E-state index in [0.29, 0.717) is 46.5 Å². The Hall–Kier alpha value is -2.69. The van der Waals surface area contributed by atoms with E-state index in [-0.39, 0.29) is 24.5 Å². The van der Waals surface area contributed by atoms with Gasteiger partial charge < -0.3 is 24.6 Å². The molecule has 0 saturated carbocycles. The number of hydrogen-bond donors (Lipinski definition) is 3.